The Morgan fingerprint density at radius 3 is 2.67 bits per heavy atom. The molecule has 0 radical (unpaired) electrons. The van der Waals surface area contributed by atoms with E-state index in [1.807, 2.05) is 6.07 Å². The predicted octanol–water partition coefficient (Wildman–Crippen LogP) is 3.07. The minimum absolute atomic E-state index is 0.269. The molecule has 122 valence electrons. The lowest BCUT2D eigenvalue weighted by molar-refractivity contribution is 0.355. The van der Waals surface area contributed by atoms with Crippen molar-refractivity contribution in [3.8, 4) is 11.5 Å². The summed E-state index contributed by atoms with van der Waals surface area (Å²) in [6.45, 7) is 0. The topological polar surface area (TPSA) is 77.1 Å². The highest BCUT2D eigenvalue weighted by Crippen LogP contribution is 2.30. The molecule has 0 saturated carbocycles. The molecule has 3 rings (SSSR count). The Morgan fingerprint density at radius 1 is 1.25 bits per heavy atom. The van der Waals surface area contributed by atoms with Gasteiger partial charge in [-0.1, -0.05) is 17.7 Å². The number of fused-ring (bicyclic) bond motifs is 1. The van der Waals surface area contributed by atoms with Crippen molar-refractivity contribution in [2.75, 3.05) is 14.2 Å². The first-order valence-corrected chi connectivity index (χ1v) is 7.44. The SMILES string of the molecule is COc1cc2nc(/C(Cl)=C/c3cccnc3)[nH]c(=O)c2cc1OC. The van der Waals surface area contributed by atoms with Crippen molar-refractivity contribution in [2.45, 2.75) is 0 Å². The molecule has 0 saturated heterocycles. The molecule has 0 amide bonds. The fraction of sp³-hybridized carbons (Fsp3) is 0.118. The van der Waals surface area contributed by atoms with Crippen LogP contribution in [0.3, 0.4) is 0 Å². The second-order valence-corrected chi connectivity index (χ2v) is 5.32. The summed E-state index contributed by atoms with van der Waals surface area (Å²) >= 11 is 6.29. The van der Waals surface area contributed by atoms with E-state index in [9.17, 15) is 4.79 Å². The van der Waals surface area contributed by atoms with E-state index < -0.39 is 0 Å². The van der Waals surface area contributed by atoms with Gasteiger partial charge in [-0.15, -0.1) is 0 Å². The number of hydrogen-bond acceptors (Lipinski definition) is 5. The maximum Gasteiger partial charge on any atom is 0.259 e. The first-order valence-electron chi connectivity index (χ1n) is 7.06. The highest BCUT2D eigenvalue weighted by molar-refractivity contribution is 6.50. The van der Waals surface area contributed by atoms with Gasteiger partial charge in [0.05, 0.1) is 30.2 Å². The van der Waals surface area contributed by atoms with Gasteiger partial charge in [-0.05, 0) is 23.8 Å². The Balaban J connectivity index is 2.13. The third-order valence-corrected chi connectivity index (χ3v) is 3.70. The van der Waals surface area contributed by atoms with Gasteiger partial charge in [-0.3, -0.25) is 9.78 Å². The van der Waals surface area contributed by atoms with Gasteiger partial charge in [-0.2, -0.15) is 0 Å². The zero-order chi connectivity index (χ0) is 17.1. The van der Waals surface area contributed by atoms with Crippen molar-refractivity contribution in [3.63, 3.8) is 0 Å². The van der Waals surface area contributed by atoms with Crippen LogP contribution in [0, 0.1) is 0 Å². The van der Waals surface area contributed by atoms with Crippen LogP contribution in [0.1, 0.15) is 11.4 Å². The van der Waals surface area contributed by atoms with Crippen LogP contribution >= 0.6 is 11.6 Å². The number of hydrogen-bond donors (Lipinski definition) is 1. The number of nitrogens with zero attached hydrogens (tertiary/aromatic N) is 2. The number of aromatic nitrogens is 3. The molecule has 1 aromatic carbocycles. The molecule has 2 aromatic heterocycles. The van der Waals surface area contributed by atoms with Crippen LogP contribution in [0.15, 0.2) is 41.5 Å². The van der Waals surface area contributed by atoms with Gasteiger partial charge >= 0.3 is 0 Å². The molecule has 0 aliphatic heterocycles. The number of methoxy groups -OCH3 is 2. The number of halogens is 1. The summed E-state index contributed by atoms with van der Waals surface area (Å²) in [5.41, 5.74) is 0.954. The fourth-order valence-electron chi connectivity index (χ4n) is 2.26. The van der Waals surface area contributed by atoms with Crippen molar-refractivity contribution >= 4 is 33.6 Å². The second-order valence-electron chi connectivity index (χ2n) is 4.92. The highest BCUT2D eigenvalue weighted by atomic mass is 35.5. The zero-order valence-electron chi connectivity index (χ0n) is 13.0. The minimum Gasteiger partial charge on any atom is -0.493 e. The third kappa shape index (κ3) is 3.09. The number of benzene rings is 1. The van der Waals surface area contributed by atoms with Crippen LogP contribution in [-0.2, 0) is 0 Å². The maximum atomic E-state index is 12.3. The summed E-state index contributed by atoms with van der Waals surface area (Å²) in [5.74, 6) is 1.22. The standard InChI is InChI=1S/C17H14ClN3O3/c1-23-14-7-11-13(8-15(14)24-2)20-16(21-17(11)22)12(18)6-10-4-3-5-19-9-10/h3-9H,1-2H3,(H,20,21,22)/b12-6-. The first-order chi connectivity index (χ1) is 11.6. The number of pyridine rings is 1. The van der Waals surface area contributed by atoms with Gasteiger partial charge in [0, 0.05) is 18.5 Å². The van der Waals surface area contributed by atoms with Gasteiger partial charge in [0.1, 0.15) is 0 Å². The zero-order valence-corrected chi connectivity index (χ0v) is 13.8. The normalized spacial score (nSPS) is 11.5. The molecule has 0 aliphatic rings. The van der Waals surface area contributed by atoms with E-state index in [0.29, 0.717) is 27.4 Å². The van der Waals surface area contributed by atoms with Gasteiger partial charge in [0.25, 0.3) is 5.56 Å². The molecule has 0 bridgehead atoms. The summed E-state index contributed by atoms with van der Waals surface area (Å²) in [6, 6.07) is 6.87. The molecular formula is C17H14ClN3O3. The molecule has 0 aliphatic carbocycles. The predicted molar refractivity (Wildman–Crippen MR) is 93.4 cm³/mol. The van der Waals surface area contributed by atoms with E-state index >= 15 is 0 Å². The third-order valence-electron chi connectivity index (χ3n) is 3.41. The van der Waals surface area contributed by atoms with Crippen LogP contribution in [0.2, 0.25) is 0 Å². The van der Waals surface area contributed by atoms with Crippen molar-refractivity contribution in [3.05, 3.63) is 58.4 Å². The lowest BCUT2D eigenvalue weighted by Crippen LogP contribution is -2.11. The van der Waals surface area contributed by atoms with Gasteiger partial charge in [0.2, 0.25) is 0 Å². The quantitative estimate of drug-likeness (QED) is 0.787. The molecule has 6 nitrogen and oxygen atoms in total. The average Bonchev–Trinajstić information content (AvgIpc) is 2.61. The summed E-state index contributed by atoms with van der Waals surface area (Å²) in [7, 11) is 3.03. The summed E-state index contributed by atoms with van der Waals surface area (Å²) in [5, 5.41) is 0.694. The lowest BCUT2D eigenvalue weighted by Gasteiger charge is -2.09. The molecule has 0 atom stereocenters. The number of nitrogens with one attached hydrogen (secondary N) is 1. The summed E-state index contributed by atoms with van der Waals surface area (Å²) in [6.07, 6.45) is 5.01. The van der Waals surface area contributed by atoms with E-state index in [0.717, 1.165) is 5.56 Å². The molecule has 1 N–H and O–H groups in total. The second kappa shape index (κ2) is 6.72. The molecule has 0 fully saturated rings. The smallest absolute Gasteiger partial charge is 0.259 e. The number of aromatic amines is 1. The average molecular weight is 344 g/mol. The Labute approximate surface area is 142 Å². The van der Waals surface area contributed by atoms with Crippen molar-refractivity contribution in [1.82, 2.24) is 15.0 Å². The van der Waals surface area contributed by atoms with Crippen LogP contribution < -0.4 is 15.0 Å². The van der Waals surface area contributed by atoms with E-state index in [4.69, 9.17) is 21.1 Å². The molecule has 0 unspecified atom stereocenters. The van der Waals surface area contributed by atoms with Crippen LogP contribution in [-0.4, -0.2) is 29.2 Å². The monoisotopic (exact) mass is 343 g/mol. The maximum absolute atomic E-state index is 12.3. The van der Waals surface area contributed by atoms with Gasteiger partial charge in [-0.25, -0.2) is 4.98 Å². The van der Waals surface area contributed by atoms with Gasteiger partial charge in [0.15, 0.2) is 17.3 Å². The summed E-state index contributed by atoms with van der Waals surface area (Å²) in [4.78, 5) is 23.4. The van der Waals surface area contributed by atoms with E-state index in [1.165, 1.54) is 14.2 Å². The fourth-order valence-corrected chi connectivity index (χ4v) is 2.47. The molecule has 7 heteroatoms. The van der Waals surface area contributed by atoms with Crippen LogP contribution in [0.25, 0.3) is 22.0 Å². The number of H-pyrrole nitrogens is 1. The first kappa shape index (κ1) is 16.0. The molecule has 24 heavy (non-hydrogen) atoms. The highest BCUT2D eigenvalue weighted by Gasteiger charge is 2.12. The van der Waals surface area contributed by atoms with Crippen LogP contribution in [0.5, 0.6) is 11.5 Å². The van der Waals surface area contributed by atoms with Crippen molar-refractivity contribution in [2.24, 2.45) is 0 Å². The van der Waals surface area contributed by atoms with Gasteiger partial charge < -0.3 is 14.5 Å². The summed E-state index contributed by atoms with van der Waals surface area (Å²) < 4.78 is 10.5. The Kier molecular flexibility index (Phi) is 4.48. The lowest BCUT2D eigenvalue weighted by atomic mass is 10.2. The Hall–Kier alpha value is -2.86. The minimum atomic E-state index is -0.311. The molecular weight excluding hydrogens is 330 g/mol. The molecule has 0 spiro atoms. The van der Waals surface area contributed by atoms with Crippen LogP contribution in [0.4, 0.5) is 0 Å². The van der Waals surface area contributed by atoms with E-state index in [2.05, 4.69) is 15.0 Å². The van der Waals surface area contributed by atoms with Crippen molar-refractivity contribution in [1.29, 1.82) is 0 Å². The Bertz CT molecular complexity index is 968. The van der Waals surface area contributed by atoms with E-state index in [-0.39, 0.29) is 11.4 Å². The number of ether oxygens (including phenoxy) is 2. The largest absolute Gasteiger partial charge is 0.493 e. The van der Waals surface area contributed by atoms with Crippen molar-refractivity contribution < 1.29 is 9.47 Å². The molecule has 3 aromatic rings. The Morgan fingerprint density at radius 2 is 2.00 bits per heavy atom. The molecule has 2 heterocycles. The van der Waals surface area contributed by atoms with E-state index in [1.54, 1.807) is 36.7 Å². The number of rotatable bonds is 4.